The Morgan fingerprint density at radius 1 is 1.04 bits per heavy atom. The molecule has 4 rings (SSSR count). The molecule has 0 bridgehead atoms. The van der Waals surface area contributed by atoms with Crippen LogP contribution >= 0.6 is 0 Å². The van der Waals surface area contributed by atoms with Crippen LogP contribution in [-0.2, 0) is 0 Å². The number of nitrogens with zero attached hydrogens (tertiary/aromatic N) is 2. The summed E-state index contributed by atoms with van der Waals surface area (Å²) in [5, 5.41) is 23.0. The normalized spacial score (nSPS) is 11.6. The fourth-order valence-electron chi connectivity index (χ4n) is 2.80. The molecule has 7 heteroatoms. The van der Waals surface area contributed by atoms with Gasteiger partial charge in [0.1, 0.15) is 11.4 Å². The van der Waals surface area contributed by atoms with E-state index in [9.17, 15) is 4.39 Å². The van der Waals surface area contributed by atoms with Crippen molar-refractivity contribution in [2.75, 3.05) is 0 Å². The third kappa shape index (κ3) is 2.67. The van der Waals surface area contributed by atoms with E-state index in [0.29, 0.717) is 5.76 Å². The van der Waals surface area contributed by atoms with Gasteiger partial charge in [0.25, 0.3) is 5.89 Å². The first-order valence-electron chi connectivity index (χ1n) is 7.94. The highest BCUT2D eigenvalue weighted by molar-refractivity contribution is 5.87. The molecule has 0 saturated heterocycles. The standard InChI is InChI=1S/C19H15FN2O4/c1-9-3-4-10(2)16-13(9)8-15(25-16)17-21-18(26-22-17)12-6-5-11(19(23)24)7-14(12)20/h3-8,19,23-24H,1-2H3. The molecule has 132 valence electrons. The number of aryl methyl sites for hydroxylation is 2. The molecular weight excluding hydrogens is 339 g/mol. The number of fused-ring (bicyclic) bond motifs is 1. The summed E-state index contributed by atoms with van der Waals surface area (Å²) in [5.74, 6) is -0.0802. The van der Waals surface area contributed by atoms with Crippen LogP contribution in [0.2, 0.25) is 0 Å². The highest BCUT2D eigenvalue weighted by Gasteiger charge is 2.19. The molecular formula is C19H15FN2O4. The second-order valence-corrected chi connectivity index (χ2v) is 6.09. The molecule has 4 aromatic rings. The summed E-state index contributed by atoms with van der Waals surface area (Å²) in [5.41, 5.74) is 2.91. The van der Waals surface area contributed by atoms with Gasteiger partial charge in [-0.3, -0.25) is 0 Å². The molecule has 26 heavy (non-hydrogen) atoms. The van der Waals surface area contributed by atoms with Gasteiger partial charge in [-0.1, -0.05) is 23.4 Å². The minimum atomic E-state index is -1.75. The third-order valence-electron chi connectivity index (χ3n) is 4.27. The maximum atomic E-state index is 14.2. The predicted octanol–water partition coefficient (Wildman–Crippen LogP) is 3.89. The van der Waals surface area contributed by atoms with E-state index in [4.69, 9.17) is 19.2 Å². The quantitative estimate of drug-likeness (QED) is 0.542. The summed E-state index contributed by atoms with van der Waals surface area (Å²) >= 11 is 0. The Kier molecular flexibility index (Phi) is 3.82. The Balaban J connectivity index is 1.75. The number of benzene rings is 2. The molecule has 2 heterocycles. The molecule has 2 aromatic heterocycles. The van der Waals surface area contributed by atoms with Crippen LogP contribution in [0, 0.1) is 19.7 Å². The van der Waals surface area contributed by atoms with Crippen molar-refractivity contribution in [3.8, 4) is 23.0 Å². The van der Waals surface area contributed by atoms with Crippen LogP contribution in [0.1, 0.15) is 23.0 Å². The third-order valence-corrected chi connectivity index (χ3v) is 4.27. The SMILES string of the molecule is Cc1ccc(C)c2oc(-c3noc(-c4ccc(C(O)O)cc4F)n3)cc12. The molecule has 0 aliphatic carbocycles. The Bertz CT molecular complexity index is 1080. The molecule has 2 aromatic carbocycles. The van der Waals surface area contributed by atoms with Crippen LogP contribution in [0.3, 0.4) is 0 Å². The van der Waals surface area contributed by atoms with Crippen molar-refractivity contribution in [3.05, 3.63) is 58.9 Å². The van der Waals surface area contributed by atoms with Gasteiger partial charge in [-0.25, -0.2) is 4.39 Å². The molecule has 0 saturated carbocycles. The molecule has 0 aliphatic heterocycles. The summed E-state index contributed by atoms with van der Waals surface area (Å²) in [6.45, 7) is 3.93. The lowest BCUT2D eigenvalue weighted by Gasteiger charge is -2.04. The van der Waals surface area contributed by atoms with E-state index < -0.39 is 12.1 Å². The van der Waals surface area contributed by atoms with Crippen molar-refractivity contribution in [1.29, 1.82) is 0 Å². The second-order valence-electron chi connectivity index (χ2n) is 6.09. The maximum Gasteiger partial charge on any atom is 0.261 e. The van der Waals surface area contributed by atoms with E-state index in [1.165, 1.54) is 12.1 Å². The van der Waals surface area contributed by atoms with Crippen LogP contribution in [0.25, 0.3) is 34.0 Å². The second kappa shape index (κ2) is 6.05. The van der Waals surface area contributed by atoms with Gasteiger partial charge < -0.3 is 19.2 Å². The van der Waals surface area contributed by atoms with E-state index in [1.54, 1.807) is 0 Å². The van der Waals surface area contributed by atoms with E-state index in [0.717, 1.165) is 28.2 Å². The zero-order valence-corrected chi connectivity index (χ0v) is 14.0. The molecule has 0 unspecified atom stereocenters. The monoisotopic (exact) mass is 354 g/mol. The number of halogens is 1. The zero-order chi connectivity index (χ0) is 18.4. The topological polar surface area (TPSA) is 92.5 Å². The van der Waals surface area contributed by atoms with Crippen LogP contribution < -0.4 is 0 Å². The average molecular weight is 354 g/mol. The lowest BCUT2D eigenvalue weighted by molar-refractivity contribution is -0.0426. The van der Waals surface area contributed by atoms with Gasteiger partial charge in [-0.2, -0.15) is 4.98 Å². The van der Waals surface area contributed by atoms with Gasteiger partial charge in [0.05, 0.1) is 5.56 Å². The number of hydrogen-bond donors (Lipinski definition) is 2. The number of aliphatic hydroxyl groups is 2. The van der Waals surface area contributed by atoms with Crippen LogP contribution in [-0.4, -0.2) is 20.4 Å². The van der Waals surface area contributed by atoms with E-state index in [1.807, 2.05) is 32.0 Å². The van der Waals surface area contributed by atoms with Crippen LogP contribution in [0.5, 0.6) is 0 Å². The first-order chi connectivity index (χ1) is 12.4. The highest BCUT2D eigenvalue weighted by atomic mass is 19.1. The van der Waals surface area contributed by atoms with Crippen molar-refractivity contribution >= 4 is 11.0 Å². The molecule has 6 nitrogen and oxygen atoms in total. The van der Waals surface area contributed by atoms with Gasteiger partial charge in [0.2, 0.25) is 5.82 Å². The lowest BCUT2D eigenvalue weighted by atomic mass is 10.1. The zero-order valence-electron chi connectivity index (χ0n) is 14.0. The fourth-order valence-corrected chi connectivity index (χ4v) is 2.80. The van der Waals surface area contributed by atoms with Crippen molar-refractivity contribution in [2.24, 2.45) is 0 Å². The van der Waals surface area contributed by atoms with E-state index in [2.05, 4.69) is 10.1 Å². The summed E-state index contributed by atoms with van der Waals surface area (Å²) < 4.78 is 25.2. The number of aliphatic hydroxyl groups excluding tert-OH is 1. The summed E-state index contributed by atoms with van der Waals surface area (Å²) in [6, 6.07) is 9.55. The number of aromatic nitrogens is 2. The lowest BCUT2D eigenvalue weighted by Crippen LogP contribution is -1.96. The maximum absolute atomic E-state index is 14.2. The largest absolute Gasteiger partial charge is 0.452 e. The summed E-state index contributed by atoms with van der Waals surface area (Å²) in [7, 11) is 0. The minimum Gasteiger partial charge on any atom is -0.452 e. The molecule has 0 atom stereocenters. The van der Waals surface area contributed by atoms with Gasteiger partial charge in [0, 0.05) is 10.9 Å². The molecule has 2 N–H and O–H groups in total. The molecule has 0 spiro atoms. The van der Waals surface area contributed by atoms with Crippen LogP contribution in [0.4, 0.5) is 4.39 Å². The van der Waals surface area contributed by atoms with Gasteiger partial charge in [0.15, 0.2) is 12.1 Å². The Morgan fingerprint density at radius 2 is 1.81 bits per heavy atom. The molecule has 0 radical (unpaired) electrons. The fraction of sp³-hybridized carbons (Fsp3) is 0.158. The molecule has 0 aliphatic rings. The van der Waals surface area contributed by atoms with Gasteiger partial charge in [-0.05, 0) is 43.2 Å². The first-order valence-corrected chi connectivity index (χ1v) is 7.94. The smallest absolute Gasteiger partial charge is 0.261 e. The van der Waals surface area contributed by atoms with Gasteiger partial charge in [-0.15, -0.1) is 0 Å². The van der Waals surface area contributed by atoms with Gasteiger partial charge >= 0.3 is 0 Å². The summed E-state index contributed by atoms with van der Waals surface area (Å²) in [4.78, 5) is 4.20. The van der Waals surface area contributed by atoms with Crippen molar-refractivity contribution in [1.82, 2.24) is 10.1 Å². The predicted molar refractivity (Wildman–Crippen MR) is 91.6 cm³/mol. The van der Waals surface area contributed by atoms with E-state index >= 15 is 0 Å². The Hall–Kier alpha value is -3.03. The number of rotatable bonds is 3. The molecule has 0 amide bonds. The average Bonchev–Trinajstić information content (AvgIpc) is 3.25. The minimum absolute atomic E-state index is 0.0228. The van der Waals surface area contributed by atoms with Crippen LogP contribution in [0.15, 0.2) is 45.3 Å². The highest BCUT2D eigenvalue weighted by Crippen LogP contribution is 2.32. The van der Waals surface area contributed by atoms with Crippen molar-refractivity contribution < 1.29 is 23.5 Å². The Morgan fingerprint density at radius 3 is 2.50 bits per heavy atom. The number of hydrogen-bond acceptors (Lipinski definition) is 6. The van der Waals surface area contributed by atoms with Crippen molar-refractivity contribution in [2.45, 2.75) is 20.1 Å². The number of furan rings is 1. The van der Waals surface area contributed by atoms with Crippen molar-refractivity contribution in [3.63, 3.8) is 0 Å². The Labute approximate surface area is 147 Å². The summed E-state index contributed by atoms with van der Waals surface area (Å²) in [6.07, 6.45) is -1.75. The molecule has 0 fully saturated rings. The first kappa shape index (κ1) is 16.4. The van der Waals surface area contributed by atoms with E-state index in [-0.39, 0.29) is 22.8 Å².